The third-order valence-electron chi connectivity index (χ3n) is 7.31. The first-order valence-electron chi connectivity index (χ1n) is 12.6. The maximum atomic E-state index is 14.9. The molecule has 4 aromatic rings. The molecule has 1 fully saturated rings. The van der Waals surface area contributed by atoms with E-state index in [1.165, 1.54) is 26.8 Å². The van der Waals surface area contributed by atoms with Crippen molar-refractivity contribution in [3.63, 3.8) is 0 Å². The van der Waals surface area contributed by atoms with Crippen LogP contribution in [0.25, 0.3) is 16.6 Å². The van der Waals surface area contributed by atoms with Gasteiger partial charge in [0.1, 0.15) is 17.0 Å². The van der Waals surface area contributed by atoms with Gasteiger partial charge in [-0.05, 0) is 74.6 Å². The summed E-state index contributed by atoms with van der Waals surface area (Å²) in [5.41, 5.74) is 1.69. The van der Waals surface area contributed by atoms with Crippen LogP contribution in [0.2, 0.25) is 0 Å². The summed E-state index contributed by atoms with van der Waals surface area (Å²) in [6.07, 6.45) is 1.93. The van der Waals surface area contributed by atoms with Gasteiger partial charge in [0.15, 0.2) is 11.2 Å². The smallest absolute Gasteiger partial charge is 0.336 e. The van der Waals surface area contributed by atoms with E-state index in [4.69, 9.17) is 0 Å². The van der Waals surface area contributed by atoms with E-state index in [2.05, 4.69) is 14.8 Å². The van der Waals surface area contributed by atoms with Crippen LogP contribution in [0.3, 0.4) is 0 Å². The quantitative estimate of drug-likeness (QED) is 0.361. The van der Waals surface area contributed by atoms with Gasteiger partial charge in [-0.3, -0.25) is 28.0 Å². The molecule has 1 atom stereocenters. The van der Waals surface area contributed by atoms with Gasteiger partial charge in [-0.25, -0.2) is 18.1 Å². The van der Waals surface area contributed by atoms with E-state index < -0.39 is 33.8 Å². The number of rotatable bonds is 4. The Hall–Kier alpha value is -4.03. The molecule has 39 heavy (non-hydrogen) atoms. The molecule has 202 valence electrons. The molecule has 0 amide bonds. The lowest BCUT2D eigenvalue weighted by Crippen LogP contribution is -2.41. The van der Waals surface area contributed by atoms with Gasteiger partial charge in [-0.15, -0.1) is 0 Å². The van der Waals surface area contributed by atoms with Crippen LogP contribution >= 0.6 is 0 Å². The van der Waals surface area contributed by atoms with Crippen molar-refractivity contribution in [2.75, 3.05) is 16.6 Å². The lowest BCUT2D eigenvalue weighted by Gasteiger charge is -2.21. The number of benzene rings is 2. The van der Waals surface area contributed by atoms with Gasteiger partial charge in [0, 0.05) is 25.2 Å². The molecule has 1 aliphatic heterocycles. The van der Waals surface area contributed by atoms with E-state index in [-0.39, 0.29) is 34.0 Å². The Morgan fingerprint density at radius 2 is 1.82 bits per heavy atom. The van der Waals surface area contributed by atoms with Gasteiger partial charge < -0.3 is 5.32 Å². The van der Waals surface area contributed by atoms with Crippen LogP contribution in [0, 0.1) is 19.7 Å². The number of aromatic nitrogens is 3. The van der Waals surface area contributed by atoms with Gasteiger partial charge in [-0.1, -0.05) is 6.07 Å². The maximum absolute atomic E-state index is 14.9. The zero-order valence-corrected chi connectivity index (χ0v) is 22.4. The normalized spacial score (nSPS) is 17.0. The number of fused-ring (bicyclic) bond motifs is 2. The second-order valence-corrected chi connectivity index (χ2v) is 11.1. The zero-order valence-electron chi connectivity index (χ0n) is 21.6. The number of aryl methyl sites for hydroxylation is 2. The van der Waals surface area contributed by atoms with Gasteiger partial charge in [0.2, 0.25) is 0 Å². The molecule has 0 saturated heterocycles. The second kappa shape index (κ2) is 9.31. The minimum atomic E-state index is -1.43. The molecular formula is C27H27FN6O4S. The Morgan fingerprint density at radius 1 is 1.05 bits per heavy atom. The monoisotopic (exact) mass is 550 g/mol. The number of nitrogens with one attached hydrogen (secondary N) is 3. The Kier molecular flexibility index (Phi) is 6.03. The van der Waals surface area contributed by atoms with Crippen molar-refractivity contribution in [3.05, 3.63) is 90.1 Å². The minimum Gasteiger partial charge on any atom is -0.338 e. The third kappa shape index (κ3) is 4.20. The van der Waals surface area contributed by atoms with Gasteiger partial charge in [0.05, 0.1) is 22.6 Å². The van der Waals surface area contributed by atoms with E-state index in [0.717, 1.165) is 11.1 Å². The summed E-state index contributed by atoms with van der Waals surface area (Å²) < 4.78 is 36.6. The van der Waals surface area contributed by atoms with Gasteiger partial charge >= 0.3 is 5.69 Å². The summed E-state index contributed by atoms with van der Waals surface area (Å²) in [5, 5.41) is 3.10. The molecule has 0 spiro atoms. The predicted octanol–water partition coefficient (Wildman–Crippen LogP) is 2.82. The number of nitrogens with zero attached hydrogens (tertiary/aromatic N) is 3. The number of hydrogen-bond acceptors (Lipinski definition) is 5. The van der Waals surface area contributed by atoms with Gasteiger partial charge in [0.25, 0.3) is 11.1 Å². The number of halogens is 1. The molecule has 1 saturated carbocycles. The van der Waals surface area contributed by atoms with Crippen LogP contribution in [0.15, 0.2) is 50.8 Å². The summed E-state index contributed by atoms with van der Waals surface area (Å²) in [4.78, 5) is 41.3. The van der Waals surface area contributed by atoms with Crippen molar-refractivity contribution in [2.45, 2.75) is 39.2 Å². The van der Waals surface area contributed by atoms with Crippen LogP contribution in [-0.4, -0.2) is 24.5 Å². The molecule has 12 heteroatoms. The van der Waals surface area contributed by atoms with Crippen molar-refractivity contribution in [3.8, 4) is 5.69 Å². The SMILES string of the molecule is Cc1ccc(Nc2c3c(=O)n(C4CC4)c(=O)n(-c4ccc5c(c4)CCNS(=O)N5)c3c(C)c(=O)n2C)c(F)c1. The van der Waals surface area contributed by atoms with Crippen LogP contribution in [0.5, 0.6) is 0 Å². The molecule has 3 N–H and O–H groups in total. The average molecular weight is 551 g/mol. The molecule has 10 nitrogen and oxygen atoms in total. The highest BCUT2D eigenvalue weighted by molar-refractivity contribution is 7.84. The molecule has 0 bridgehead atoms. The van der Waals surface area contributed by atoms with Crippen LogP contribution < -0.4 is 31.6 Å². The molecule has 0 radical (unpaired) electrons. The van der Waals surface area contributed by atoms with E-state index >= 15 is 0 Å². The standard InChI is InChI=1S/C27H27FN6O4S/c1-14-4-8-21(19(28)12-14)30-24-22-23(15(2)25(35)32(24)3)33(27(37)34(26(22)36)17-5-6-17)18-7-9-20-16(13-18)10-11-29-39(38)31-20/h4,7-9,12-13,17,29-31H,5-6,10-11H2,1-3H3. The lowest BCUT2D eigenvalue weighted by atomic mass is 10.1. The molecule has 1 aliphatic carbocycles. The Morgan fingerprint density at radius 3 is 2.54 bits per heavy atom. The van der Waals surface area contributed by atoms with Crippen molar-refractivity contribution in [1.82, 2.24) is 18.4 Å². The fourth-order valence-electron chi connectivity index (χ4n) is 5.14. The van der Waals surface area contributed by atoms with Crippen LogP contribution in [0.1, 0.15) is 35.6 Å². The van der Waals surface area contributed by atoms with E-state index in [1.54, 1.807) is 44.2 Å². The van der Waals surface area contributed by atoms with Crippen molar-refractivity contribution < 1.29 is 8.60 Å². The topological polar surface area (TPSA) is 119 Å². The molecular weight excluding hydrogens is 523 g/mol. The first kappa shape index (κ1) is 25.3. The van der Waals surface area contributed by atoms with Crippen molar-refractivity contribution >= 4 is 39.3 Å². The second-order valence-electron chi connectivity index (χ2n) is 10.1. The number of anilines is 3. The predicted molar refractivity (Wildman–Crippen MR) is 150 cm³/mol. The third-order valence-corrected chi connectivity index (χ3v) is 8.18. The number of hydrogen-bond donors (Lipinski definition) is 3. The maximum Gasteiger partial charge on any atom is 0.336 e. The highest BCUT2D eigenvalue weighted by atomic mass is 32.2. The minimum absolute atomic E-state index is 0.104. The largest absolute Gasteiger partial charge is 0.338 e. The number of pyridine rings is 1. The molecule has 2 aliphatic rings. The average Bonchev–Trinajstić information content (AvgIpc) is 3.74. The summed E-state index contributed by atoms with van der Waals surface area (Å²) in [6, 6.07) is 9.62. The summed E-state index contributed by atoms with van der Waals surface area (Å²) in [6.45, 7) is 3.81. The first-order chi connectivity index (χ1) is 18.7. The summed E-state index contributed by atoms with van der Waals surface area (Å²) >= 11 is -1.43. The fraction of sp³-hybridized carbons (Fsp3) is 0.296. The summed E-state index contributed by atoms with van der Waals surface area (Å²) in [5.74, 6) is -0.427. The Balaban J connectivity index is 1.70. The highest BCUT2D eigenvalue weighted by Crippen LogP contribution is 2.34. The van der Waals surface area contributed by atoms with Crippen LogP contribution in [-0.2, 0) is 24.6 Å². The Labute approximate surface area is 224 Å². The molecule has 2 aromatic carbocycles. The van der Waals surface area contributed by atoms with E-state index in [0.29, 0.717) is 37.2 Å². The van der Waals surface area contributed by atoms with Crippen molar-refractivity contribution in [2.24, 2.45) is 7.05 Å². The lowest BCUT2D eigenvalue weighted by molar-refractivity contribution is 0.630. The molecule has 2 aromatic heterocycles. The highest BCUT2D eigenvalue weighted by Gasteiger charge is 2.32. The van der Waals surface area contributed by atoms with Gasteiger partial charge in [-0.2, -0.15) is 0 Å². The Bertz CT molecular complexity index is 1890. The fourth-order valence-corrected chi connectivity index (χ4v) is 5.90. The molecule has 6 rings (SSSR count). The molecule has 3 heterocycles. The molecule has 1 unspecified atom stereocenters. The summed E-state index contributed by atoms with van der Waals surface area (Å²) in [7, 11) is 1.51. The van der Waals surface area contributed by atoms with E-state index in [1.807, 2.05) is 0 Å². The van der Waals surface area contributed by atoms with Crippen LogP contribution in [0.4, 0.5) is 21.6 Å². The van der Waals surface area contributed by atoms with Crippen molar-refractivity contribution in [1.29, 1.82) is 0 Å². The van der Waals surface area contributed by atoms with E-state index in [9.17, 15) is 23.0 Å². The zero-order chi connectivity index (χ0) is 27.6. The first-order valence-corrected chi connectivity index (χ1v) is 13.8.